The molecule has 2 fully saturated rings. The minimum absolute atomic E-state index is 0.120. The average Bonchev–Trinajstić information content (AvgIpc) is 3.40. The summed E-state index contributed by atoms with van der Waals surface area (Å²) >= 11 is 6.27. The summed E-state index contributed by atoms with van der Waals surface area (Å²) in [5, 5.41) is 0.789. The van der Waals surface area contributed by atoms with E-state index in [0.29, 0.717) is 12.0 Å². The first-order chi connectivity index (χ1) is 11.6. The van der Waals surface area contributed by atoms with Crippen LogP contribution in [0.3, 0.4) is 0 Å². The molecule has 1 aromatic carbocycles. The maximum atomic E-state index is 12.7. The maximum Gasteiger partial charge on any atom is 0.226 e. The normalized spacial score (nSPS) is 24.2. The Kier molecular flexibility index (Phi) is 5.83. The Hall–Kier alpha value is -1.06. The third-order valence-corrected chi connectivity index (χ3v) is 6.12. The van der Waals surface area contributed by atoms with E-state index >= 15 is 0 Å². The molecule has 0 spiro atoms. The van der Waals surface area contributed by atoms with Crippen molar-refractivity contribution in [2.45, 2.75) is 50.5 Å². The number of likely N-dealkylation sites (N-methyl/N-ethyl adjacent to an activating group) is 2. The topological polar surface area (TPSA) is 23.6 Å². The molecule has 0 bridgehead atoms. The van der Waals surface area contributed by atoms with Crippen LogP contribution in [0.25, 0.3) is 0 Å². The van der Waals surface area contributed by atoms with Crippen LogP contribution in [0.15, 0.2) is 24.3 Å². The second-order valence-corrected chi connectivity index (χ2v) is 7.91. The summed E-state index contributed by atoms with van der Waals surface area (Å²) in [6, 6.07) is 8.62. The smallest absolute Gasteiger partial charge is 0.226 e. The highest BCUT2D eigenvalue weighted by molar-refractivity contribution is 6.31. The van der Waals surface area contributed by atoms with Crippen molar-refractivity contribution >= 4 is 17.5 Å². The molecule has 2 aliphatic carbocycles. The Morgan fingerprint density at radius 3 is 2.54 bits per heavy atom. The first-order valence-corrected chi connectivity index (χ1v) is 9.65. The number of hydrogen-bond donors (Lipinski definition) is 0. The van der Waals surface area contributed by atoms with E-state index in [2.05, 4.69) is 18.0 Å². The number of carbonyl (C=O) groups excluding carboxylic acids is 1. The molecule has 0 aromatic heterocycles. The van der Waals surface area contributed by atoms with Gasteiger partial charge in [-0.2, -0.15) is 0 Å². The standard InChI is InChI=1S/C20H29ClN2O/c1-22(15-8-4-3-5-9-15)12-13-23(2)20(24)18-14-17(18)16-10-6-7-11-19(16)21/h6-7,10-11,15,17-18H,3-5,8-9,12-14H2,1-2H3. The van der Waals surface area contributed by atoms with Crippen molar-refractivity contribution < 1.29 is 4.79 Å². The highest BCUT2D eigenvalue weighted by Crippen LogP contribution is 2.50. The molecule has 2 atom stereocenters. The van der Waals surface area contributed by atoms with Gasteiger partial charge in [0.1, 0.15) is 0 Å². The van der Waals surface area contributed by atoms with Crippen LogP contribution in [-0.2, 0) is 4.79 Å². The summed E-state index contributed by atoms with van der Waals surface area (Å²) in [6.45, 7) is 1.79. The molecule has 3 rings (SSSR count). The molecule has 2 saturated carbocycles. The van der Waals surface area contributed by atoms with E-state index in [-0.39, 0.29) is 11.8 Å². The maximum absolute atomic E-state index is 12.7. The van der Waals surface area contributed by atoms with Crippen molar-refractivity contribution in [3.05, 3.63) is 34.9 Å². The van der Waals surface area contributed by atoms with Crippen LogP contribution in [-0.4, -0.2) is 48.9 Å². The molecular formula is C20H29ClN2O. The summed E-state index contributed by atoms with van der Waals surface area (Å²) in [5.74, 6) is 0.705. The van der Waals surface area contributed by atoms with Gasteiger partial charge in [0.25, 0.3) is 0 Å². The second-order valence-electron chi connectivity index (χ2n) is 7.50. The number of hydrogen-bond acceptors (Lipinski definition) is 2. The molecule has 0 heterocycles. The minimum Gasteiger partial charge on any atom is -0.344 e. The largest absolute Gasteiger partial charge is 0.344 e. The molecular weight excluding hydrogens is 320 g/mol. The van der Waals surface area contributed by atoms with Gasteiger partial charge in [-0.25, -0.2) is 0 Å². The molecule has 2 unspecified atom stereocenters. The molecule has 0 N–H and O–H groups in total. The lowest BCUT2D eigenvalue weighted by atomic mass is 9.94. The predicted molar refractivity (Wildman–Crippen MR) is 99.4 cm³/mol. The lowest BCUT2D eigenvalue weighted by Gasteiger charge is -2.32. The van der Waals surface area contributed by atoms with Gasteiger partial charge in [-0.3, -0.25) is 4.79 Å². The molecule has 4 heteroatoms. The Balaban J connectivity index is 1.46. The number of amides is 1. The Morgan fingerprint density at radius 2 is 1.83 bits per heavy atom. The quantitative estimate of drug-likeness (QED) is 0.770. The fourth-order valence-corrected chi connectivity index (χ4v) is 4.27. The van der Waals surface area contributed by atoms with E-state index in [9.17, 15) is 4.79 Å². The van der Waals surface area contributed by atoms with Gasteiger partial charge in [-0.05, 0) is 43.9 Å². The van der Waals surface area contributed by atoms with Crippen LogP contribution in [0.1, 0.15) is 50.0 Å². The highest BCUT2D eigenvalue weighted by Gasteiger charge is 2.45. The van der Waals surface area contributed by atoms with Crippen molar-refractivity contribution in [3.63, 3.8) is 0 Å². The lowest BCUT2D eigenvalue weighted by molar-refractivity contribution is -0.131. The Morgan fingerprint density at radius 1 is 1.12 bits per heavy atom. The Bertz CT molecular complexity index is 571. The van der Waals surface area contributed by atoms with Crippen LogP contribution < -0.4 is 0 Å². The van der Waals surface area contributed by atoms with Crippen LogP contribution in [0.4, 0.5) is 0 Å². The molecule has 2 aliphatic rings. The van der Waals surface area contributed by atoms with Gasteiger partial charge in [-0.15, -0.1) is 0 Å². The lowest BCUT2D eigenvalue weighted by Crippen LogP contribution is -2.40. The fourth-order valence-electron chi connectivity index (χ4n) is 3.99. The number of halogens is 1. The predicted octanol–water partition coefficient (Wildman–Crippen LogP) is 4.17. The van der Waals surface area contributed by atoms with Crippen LogP contribution in [0, 0.1) is 5.92 Å². The SMILES string of the molecule is CN(CCN(C)C1CCCCC1)C(=O)C1CC1c1ccccc1Cl. The monoisotopic (exact) mass is 348 g/mol. The summed E-state index contributed by atoms with van der Waals surface area (Å²) < 4.78 is 0. The second kappa shape index (κ2) is 7.88. The van der Waals surface area contributed by atoms with Crippen molar-refractivity contribution in [2.75, 3.05) is 27.2 Å². The van der Waals surface area contributed by atoms with E-state index in [0.717, 1.165) is 30.1 Å². The zero-order chi connectivity index (χ0) is 17.1. The van der Waals surface area contributed by atoms with E-state index < -0.39 is 0 Å². The number of carbonyl (C=O) groups is 1. The van der Waals surface area contributed by atoms with Gasteiger partial charge in [0, 0.05) is 37.1 Å². The van der Waals surface area contributed by atoms with E-state index in [1.54, 1.807) is 0 Å². The van der Waals surface area contributed by atoms with Crippen molar-refractivity contribution in [1.82, 2.24) is 9.80 Å². The van der Waals surface area contributed by atoms with Gasteiger partial charge in [0.05, 0.1) is 0 Å². The van der Waals surface area contributed by atoms with Crippen molar-refractivity contribution in [3.8, 4) is 0 Å². The van der Waals surface area contributed by atoms with Gasteiger partial charge in [0.15, 0.2) is 0 Å². The first kappa shape index (κ1) is 17.8. The molecule has 132 valence electrons. The van der Waals surface area contributed by atoms with Gasteiger partial charge in [0.2, 0.25) is 5.91 Å². The molecule has 3 nitrogen and oxygen atoms in total. The summed E-state index contributed by atoms with van der Waals surface area (Å²) in [5.41, 5.74) is 1.13. The third kappa shape index (κ3) is 4.12. The third-order valence-electron chi connectivity index (χ3n) is 5.77. The van der Waals surface area contributed by atoms with Crippen LogP contribution in [0.2, 0.25) is 5.02 Å². The first-order valence-electron chi connectivity index (χ1n) is 9.27. The van der Waals surface area contributed by atoms with E-state index in [1.165, 1.54) is 32.1 Å². The fraction of sp³-hybridized carbons (Fsp3) is 0.650. The number of benzene rings is 1. The molecule has 0 aliphatic heterocycles. The molecule has 0 saturated heterocycles. The van der Waals surface area contributed by atoms with Crippen molar-refractivity contribution in [1.29, 1.82) is 0 Å². The molecule has 0 radical (unpaired) electrons. The zero-order valence-electron chi connectivity index (χ0n) is 14.9. The van der Waals surface area contributed by atoms with Crippen LogP contribution >= 0.6 is 11.6 Å². The average molecular weight is 349 g/mol. The van der Waals surface area contributed by atoms with Gasteiger partial charge >= 0.3 is 0 Å². The Labute approximate surface area is 151 Å². The van der Waals surface area contributed by atoms with Gasteiger partial charge < -0.3 is 9.80 Å². The molecule has 1 aromatic rings. The zero-order valence-corrected chi connectivity index (χ0v) is 15.6. The van der Waals surface area contributed by atoms with Gasteiger partial charge in [-0.1, -0.05) is 49.1 Å². The molecule has 1 amide bonds. The van der Waals surface area contributed by atoms with E-state index in [4.69, 9.17) is 11.6 Å². The number of rotatable bonds is 6. The summed E-state index contributed by atoms with van der Waals surface area (Å²) in [4.78, 5) is 17.0. The van der Waals surface area contributed by atoms with E-state index in [1.807, 2.05) is 30.1 Å². The summed E-state index contributed by atoms with van der Waals surface area (Å²) in [6.07, 6.45) is 7.65. The highest BCUT2D eigenvalue weighted by atomic mass is 35.5. The van der Waals surface area contributed by atoms with Crippen molar-refractivity contribution in [2.24, 2.45) is 5.92 Å². The van der Waals surface area contributed by atoms with Crippen LogP contribution in [0.5, 0.6) is 0 Å². The molecule has 24 heavy (non-hydrogen) atoms. The minimum atomic E-state index is 0.120. The summed E-state index contributed by atoms with van der Waals surface area (Å²) in [7, 11) is 4.15. The number of nitrogens with zero attached hydrogens (tertiary/aromatic N) is 2.